The van der Waals surface area contributed by atoms with Gasteiger partial charge in [0.15, 0.2) is 28.6 Å². The fourth-order valence-electron chi connectivity index (χ4n) is 3.70. The summed E-state index contributed by atoms with van der Waals surface area (Å²) in [5.74, 6) is 2.05. The largest absolute Gasteiger partial charge is 0.493 e. The third-order valence-corrected chi connectivity index (χ3v) is 5.07. The zero-order valence-corrected chi connectivity index (χ0v) is 16.2. The lowest BCUT2D eigenvalue weighted by Gasteiger charge is -2.33. The Hall–Kier alpha value is -2.89. The van der Waals surface area contributed by atoms with Crippen LogP contribution in [0, 0.1) is 5.92 Å². The van der Waals surface area contributed by atoms with Gasteiger partial charge in [-0.2, -0.15) is 0 Å². The molecule has 1 aliphatic heterocycles. The maximum atomic E-state index is 12.2. The molecule has 0 aliphatic carbocycles. The van der Waals surface area contributed by atoms with Crippen molar-refractivity contribution < 1.29 is 28.5 Å². The fraction of sp³-hybridized carbons (Fsp3) is 0.381. The molecule has 27 heavy (non-hydrogen) atoms. The number of hydrogen-bond donors (Lipinski definition) is 0. The molecule has 0 spiro atoms. The highest BCUT2D eigenvalue weighted by atomic mass is 16.6. The molecule has 0 saturated carbocycles. The van der Waals surface area contributed by atoms with E-state index in [0.29, 0.717) is 29.4 Å². The van der Waals surface area contributed by atoms with Crippen molar-refractivity contribution in [2.45, 2.75) is 18.9 Å². The molecule has 0 amide bonds. The van der Waals surface area contributed by atoms with Crippen LogP contribution in [-0.2, 0) is 15.1 Å². The lowest BCUT2D eigenvalue weighted by molar-refractivity contribution is -0.147. The number of rotatable bonds is 6. The number of esters is 1. The van der Waals surface area contributed by atoms with Crippen molar-refractivity contribution in [1.29, 1.82) is 0 Å². The third kappa shape index (κ3) is 3.05. The summed E-state index contributed by atoms with van der Waals surface area (Å²) in [6.45, 7) is 2.00. The average molecular weight is 372 g/mol. The lowest BCUT2D eigenvalue weighted by Crippen LogP contribution is -2.33. The Morgan fingerprint density at radius 1 is 0.815 bits per heavy atom. The molecule has 0 N–H and O–H groups in total. The minimum absolute atomic E-state index is 0.0822. The van der Waals surface area contributed by atoms with Gasteiger partial charge in [0.1, 0.15) is 0 Å². The Kier molecular flexibility index (Phi) is 5.17. The molecule has 0 bridgehead atoms. The standard InChI is InChI=1S/C21H24O6/c1-13-10-20(22)27-21(13,14-6-8-16(23-2)18(11-14)25-4)15-7-9-17(24-3)19(12-15)26-5/h6-9,11-13H,10H2,1-5H3/t13-/m1/s1. The van der Waals surface area contributed by atoms with Gasteiger partial charge in [0.25, 0.3) is 0 Å². The molecule has 6 heteroatoms. The summed E-state index contributed by atoms with van der Waals surface area (Å²) in [6.07, 6.45) is 0.322. The molecule has 144 valence electrons. The van der Waals surface area contributed by atoms with Crippen LogP contribution in [0.3, 0.4) is 0 Å². The zero-order chi connectivity index (χ0) is 19.6. The van der Waals surface area contributed by atoms with Crippen LogP contribution in [0.5, 0.6) is 23.0 Å². The number of methoxy groups -OCH3 is 4. The summed E-state index contributed by atoms with van der Waals surface area (Å²) >= 11 is 0. The molecule has 0 aromatic heterocycles. The second kappa shape index (κ2) is 7.39. The van der Waals surface area contributed by atoms with Crippen LogP contribution in [0.15, 0.2) is 36.4 Å². The first kappa shape index (κ1) is 18.9. The number of hydrogen-bond acceptors (Lipinski definition) is 6. The number of carbonyl (C=O) groups excluding carboxylic acids is 1. The van der Waals surface area contributed by atoms with E-state index in [9.17, 15) is 4.79 Å². The molecule has 1 atom stereocenters. The molecule has 1 fully saturated rings. The van der Waals surface area contributed by atoms with Crippen molar-refractivity contribution >= 4 is 5.97 Å². The van der Waals surface area contributed by atoms with E-state index >= 15 is 0 Å². The Morgan fingerprint density at radius 2 is 1.26 bits per heavy atom. The topological polar surface area (TPSA) is 63.2 Å². The van der Waals surface area contributed by atoms with Gasteiger partial charge in [-0.05, 0) is 24.3 Å². The van der Waals surface area contributed by atoms with E-state index in [1.165, 1.54) is 0 Å². The predicted octanol–water partition coefficient (Wildman–Crippen LogP) is 3.55. The summed E-state index contributed by atoms with van der Waals surface area (Å²) < 4.78 is 27.5. The molecule has 3 rings (SSSR count). The van der Waals surface area contributed by atoms with E-state index < -0.39 is 5.60 Å². The van der Waals surface area contributed by atoms with Crippen LogP contribution in [0.25, 0.3) is 0 Å². The number of cyclic esters (lactones) is 1. The van der Waals surface area contributed by atoms with Crippen LogP contribution >= 0.6 is 0 Å². The van der Waals surface area contributed by atoms with Gasteiger partial charge in [-0.25, -0.2) is 0 Å². The summed E-state index contributed by atoms with van der Waals surface area (Å²) in [4.78, 5) is 12.2. The molecule has 0 radical (unpaired) electrons. The number of benzene rings is 2. The summed E-state index contributed by atoms with van der Waals surface area (Å²) in [5, 5.41) is 0. The average Bonchev–Trinajstić information content (AvgIpc) is 3.01. The van der Waals surface area contributed by atoms with Crippen LogP contribution < -0.4 is 18.9 Å². The van der Waals surface area contributed by atoms with Crippen LogP contribution in [0.2, 0.25) is 0 Å². The van der Waals surface area contributed by atoms with Gasteiger partial charge in [-0.3, -0.25) is 4.79 Å². The van der Waals surface area contributed by atoms with E-state index in [1.807, 2.05) is 43.3 Å². The quantitative estimate of drug-likeness (QED) is 0.723. The third-order valence-electron chi connectivity index (χ3n) is 5.07. The van der Waals surface area contributed by atoms with Crippen LogP contribution in [0.1, 0.15) is 24.5 Å². The Morgan fingerprint density at radius 3 is 1.59 bits per heavy atom. The van der Waals surface area contributed by atoms with Gasteiger partial charge in [-0.1, -0.05) is 19.1 Å². The first-order chi connectivity index (χ1) is 13.0. The maximum absolute atomic E-state index is 12.2. The summed E-state index contributed by atoms with van der Waals surface area (Å²) in [5.41, 5.74) is 0.673. The monoisotopic (exact) mass is 372 g/mol. The van der Waals surface area contributed by atoms with Crippen molar-refractivity contribution in [3.63, 3.8) is 0 Å². The van der Waals surface area contributed by atoms with Crippen molar-refractivity contribution in [3.05, 3.63) is 47.5 Å². The zero-order valence-electron chi connectivity index (χ0n) is 16.2. The molecule has 2 aromatic rings. The van der Waals surface area contributed by atoms with E-state index in [0.717, 1.165) is 11.1 Å². The molecule has 1 aliphatic rings. The van der Waals surface area contributed by atoms with Gasteiger partial charge in [0.2, 0.25) is 0 Å². The molecule has 2 aromatic carbocycles. The molecule has 0 unspecified atom stereocenters. The first-order valence-corrected chi connectivity index (χ1v) is 8.67. The number of carbonyl (C=O) groups is 1. The van der Waals surface area contributed by atoms with Gasteiger partial charge in [0.05, 0.1) is 34.9 Å². The fourth-order valence-corrected chi connectivity index (χ4v) is 3.70. The maximum Gasteiger partial charge on any atom is 0.307 e. The van der Waals surface area contributed by atoms with E-state index in [-0.39, 0.29) is 11.9 Å². The molecular formula is C21H24O6. The number of ether oxygens (including phenoxy) is 5. The lowest BCUT2D eigenvalue weighted by atomic mass is 9.77. The summed E-state index contributed by atoms with van der Waals surface area (Å²) in [6, 6.07) is 11.1. The molecular weight excluding hydrogens is 348 g/mol. The molecule has 1 heterocycles. The smallest absolute Gasteiger partial charge is 0.307 e. The van der Waals surface area contributed by atoms with Crippen molar-refractivity contribution in [3.8, 4) is 23.0 Å². The van der Waals surface area contributed by atoms with Gasteiger partial charge in [-0.15, -0.1) is 0 Å². The Bertz CT molecular complexity index is 789. The van der Waals surface area contributed by atoms with E-state index in [4.69, 9.17) is 23.7 Å². The highest BCUT2D eigenvalue weighted by molar-refractivity contribution is 5.75. The Labute approximate surface area is 158 Å². The second-order valence-corrected chi connectivity index (χ2v) is 6.45. The molecule has 1 saturated heterocycles. The van der Waals surface area contributed by atoms with Crippen LogP contribution in [-0.4, -0.2) is 34.4 Å². The van der Waals surface area contributed by atoms with Crippen LogP contribution in [0.4, 0.5) is 0 Å². The van der Waals surface area contributed by atoms with E-state index in [2.05, 4.69) is 0 Å². The first-order valence-electron chi connectivity index (χ1n) is 8.67. The normalized spacial score (nSPS) is 18.0. The SMILES string of the molecule is COc1ccc(C2(c3ccc(OC)c(OC)c3)OC(=O)C[C@H]2C)cc1OC. The Balaban J connectivity index is 2.22. The van der Waals surface area contributed by atoms with Gasteiger partial charge >= 0.3 is 5.97 Å². The minimum atomic E-state index is -0.948. The van der Waals surface area contributed by atoms with Crippen molar-refractivity contribution in [2.75, 3.05) is 28.4 Å². The molecule has 6 nitrogen and oxygen atoms in total. The van der Waals surface area contributed by atoms with Gasteiger partial charge in [0, 0.05) is 17.0 Å². The van der Waals surface area contributed by atoms with Gasteiger partial charge < -0.3 is 23.7 Å². The van der Waals surface area contributed by atoms with Crippen molar-refractivity contribution in [2.24, 2.45) is 5.92 Å². The highest BCUT2D eigenvalue weighted by Crippen LogP contribution is 2.49. The van der Waals surface area contributed by atoms with E-state index in [1.54, 1.807) is 28.4 Å². The predicted molar refractivity (Wildman–Crippen MR) is 99.7 cm³/mol. The van der Waals surface area contributed by atoms with Crippen molar-refractivity contribution in [1.82, 2.24) is 0 Å². The minimum Gasteiger partial charge on any atom is -0.493 e. The highest BCUT2D eigenvalue weighted by Gasteiger charge is 2.50. The summed E-state index contributed by atoms with van der Waals surface area (Å²) in [7, 11) is 6.32. The second-order valence-electron chi connectivity index (χ2n) is 6.45.